The topological polar surface area (TPSA) is 72.2 Å². The average molecular weight is 443 g/mol. The van der Waals surface area contributed by atoms with E-state index in [1.807, 2.05) is 24.3 Å². The van der Waals surface area contributed by atoms with E-state index < -0.39 is 5.97 Å². The molecule has 0 aliphatic carbocycles. The number of halogens is 1. The van der Waals surface area contributed by atoms with Gasteiger partial charge in [-0.15, -0.1) is 0 Å². The second-order valence-electron chi connectivity index (χ2n) is 7.34. The van der Waals surface area contributed by atoms with E-state index in [0.717, 1.165) is 16.8 Å². The Hall–Kier alpha value is -3.19. The van der Waals surface area contributed by atoms with Crippen LogP contribution in [-0.2, 0) is 9.53 Å². The van der Waals surface area contributed by atoms with E-state index in [4.69, 9.17) is 25.5 Å². The predicted octanol–water partition coefficient (Wildman–Crippen LogP) is 3.91. The van der Waals surface area contributed by atoms with Gasteiger partial charge in [0.25, 0.3) is 5.91 Å². The van der Waals surface area contributed by atoms with E-state index in [1.165, 1.54) is 0 Å². The monoisotopic (exact) mass is 442 g/mol. The summed E-state index contributed by atoms with van der Waals surface area (Å²) in [6.07, 6.45) is 0. The van der Waals surface area contributed by atoms with Crippen molar-refractivity contribution < 1.29 is 23.5 Å². The maximum atomic E-state index is 12.5. The smallest absolute Gasteiger partial charge is 0.375 e. The number of hydrogen-bond donors (Lipinski definition) is 0. The molecule has 0 bridgehead atoms. The number of rotatable bonds is 5. The van der Waals surface area contributed by atoms with Gasteiger partial charge >= 0.3 is 5.97 Å². The van der Waals surface area contributed by atoms with Crippen molar-refractivity contribution in [1.29, 1.82) is 0 Å². The molecule has 1 amide bonds. The maximum Gasteiger partial charge on any atom is 0.375 e. The zero-order valence-electron chi connectivity index (χ0n) is 17.4. The van der Waals surface area contributed by atoms with Gasteiger partial charge in [0.2, 0.25) is 5.76 Å². The lowest BCUT2D eigenvalue weighted by molar-refractivity contribution is -0.134. The molecule has 0 saturated carbocycles. The molecule has 0 radical (unpaired) electrons. The molecule has 7 nitrogen and oxygen atoms in total. The Labute approximate surface area is 185 Å². The Morgan fingerprint density at radius 3 is 2.45 bits per heavy atom. The summed E-state index contributed by atoms with van der Waals surface area (Å²) in [6.45, 7) is 3.97. The van der Waals surface area contributed by atoms with Crippen molar-refractivity contribution in [2.24, 2.45) is 0 Å². The van der Waals surface area contributed by atoms with Crippen LogP contribution in [0.1, 0.15) is 16.1 Å². The molecule has 1 fully saturated rings. The number of methoxy groups -OCH3 is 1. The number of esters is 1. The first kappa shape index (κ1) is 21.1. The molecule has 31 heavy (non-hydrogen) atoms. The van der Waals surface area contributed by atoms with E-state index in [0.29, 0.717) is 42.3 Å². The van der Waals surface area contributed by atoms with Crippen LogP contribution < -0.4 is 9.64 Å². The summed E-state index contributed by atoms with van der Waals surface area (Å²) in [5.74, 6) is 0.0196. The molecule has 0 N–H and O–H groups in total. The third-order valence-electron chi connectivity index (χ3n) is 5.48. The van der Waals surface area contributed by atoms with E-state index in [1.54, 1.807) is 37.1 Å². The van der Waals surface area contributed by atoms with Crippen molar-refractivity contribution in [2.45, 2.75) is 6.92 Å². The first-order valence-corrected chi connectivity index (χ1v) is 10.4. The standard InChI is InChI=1S/C23H23ClN2O5/c1-15-19-13-16(24)3-8-20(19)31-22(15)23(28)30-14-21(27)26-11-9-25(10-12-26)17-4-6-18(29-2)7-5-17/h3-8,13H,9-12,14H2,1-2H3. The lowest BCUT2D eigenvalue weighted by Gasteiger charge is -2.36. The van der Waals surface area contributed by atoms with Gasteiger partial charge in [0.1, 0.15) is 11.3 Å². The van der Waals surface area contributed by atoms with Crippen LogP contribution in [0.25, 0.3) is 11.0 Å². The van der Waals surface area contributed by atoms with Crippen LogP contribution in [0.3, 0.4) is 0 Å². The van der Waals surface area contributed by atoms with Gasteiger partial charge in [0.05, 0.1) is 7.11 Å². The van der Waals surface area contributed by atoms with Crippen LogP contribution in [0.5, 0.6) is 5.75 Å². The van der Waals surface area contributed by atoms with Gasteiger partial charge in [-0.1, -0.05) is 11.6 Å². The third-order valence-corrected chi connectivity index (χ3v) is 5.72. The summed E-state index contributed by atoms with van der Waals surface area (Å²) < 4.78 is 16.0. The van der Waals surface area contributed by atoms with E-state index in [9.17, 15) is 9.59 Å². The van der Waals surface area contributed by atoms with Crippen LogP contribution in [0.2, 0.25) is 5.02 Å². The van der Waals surface area contributed by atoms with Gasteiger partial charge < -0.3 is 23.7 Å². The second-order valence-corrected chi connectivity index (χ2v) is 7.78. The predicted molar refractivity (Wildman–Crippen MR) is 118 cm³/mol. The van der Waals surface area contributed by atoms with Crippen molar-refractivity contribution in [2.75, 3.05) is 44.8 Å². The van der Waals surface area contributed by atoms with Crippen molar-refractivity contribution in [1.82, 2.24) is 4.90 Å². The number of piperazine rings is 1. The number of anilines is 1. The highest BCUT2D eigenvalue weighted by atomic mass is 35.5. The van der Waals surface area contributed by atoms with Crippen molar-refractivity contribution >= 4 is 40.1 Å². The van der Waals surface area contributed by atoms with Crippen LogP contribution in [0.15, 0.2) is 46.9 Å². The van der Waals surface area contributed by atoms with Gasteiger partial charge in [-0.2, -0.15) is 0 Å². The van der Waals surface area contributed by atoms with Crippen molar-refractivity contribution in [3.05, 3.63) is 58.8 Å². The number of fused-ring (bicyclic) bond motifs is 1. The molecule has 1 aliphatic rings. The Bertz CT molecular complexity index is 1100. The molecule has 2 aromatic carbocycles. The van der Waals surface area contributed by atoms with Crippen LogP contribution in [-0.4, -0.2) is 56.7 Å². The van der Waals surface area contributed by atoms with E-state index in [2.05, 4.69) is 4.90 Å². The molecular weight excluding hydrogens is 420 g/mol. The third kappa shape index (κ3) is 4.46. The highest BCUT2D eigenvalue weighted by molar-refractivity contribution is 6.31. The number of carbonyl (C=O) groups excluding carboxylic acids is 2. The van der Waals surface area contributed by atoms with Crippen molar-refractivity contribution in [3.8, 4) is 5.75 Å². The molecule has 8 heteroatoms. The molecular formula is C23H23ClN2O5. The van der Waals surface area contributed by atoms with Crippen LogP contribution in [0.4, 0.5) is 5.69 Å². The molecule has 162 valence electrons. The highest BCUT2D eigenvalue weighted by Gasteiger charge is 2.24. The first-order valence-electron chi connectivity index (χ1n) is 9.99. The Kier molecular flexibility index (Phi) is 6.04. The van der Waals surface area contributed by atoms with Crippen LogP contribution in [0, 0.1) is 6.92 Å². The molecule has 0 unspecified atom stereocenters. The molecule has 3 aromatic rings. The summed E-state index contributed by atoms with van der Waals surface area (Å²) in [5.41, 5.74) is 2.28. The lowest BCUT2D eigenvalue weighted by Crippen LogP contribution is -2.49. The first-order chi connectivity index (χ1) is 15.0. The van der Waals surface area contributed by atoms with E-state index in [-0.39, 0.29) is 18.3 Å². The van der Waals surface area contributed by atoms with Crippen molar-refractivity contribution in [3.63, 3.8) is 0 Å². The molecule has 4 rings (SSSR count). The number of furan rings is 1. The quantitative estimate of drug-likeness (QED) is 0.558. The highest BCUT2D eigenvalue weighted by Crippen LogP contribution is 2.28. The Balaban J connectivity index is 1.31. The summed E-state index contributed by atoms with van der Waals surface area (Å²) >= 11 is 6.01. The fraction of sp³-hybridized carbons (Fsp3) is 0.304. The van der Waals surface area contributed by atoms with Gasteiger partial charge in [0, 0.05) is 47.8 Å². The number of carbonyl (C=O) groups is 2. The number of hydrogen-bond acceptors (Lipinski definition) is 6. The average Bonchev–Trinajstić information content (AvgIpc) is 3.13. The summed E-state index contributed by atoms with van der Waals surface area (Å²) in [7, 11) is 1.64. The zero-order valence-corrected chi connectivity index (χ0v) is 18.1. The summed E-state index contributed by atoms with van der Waals surface area (Å²) in [6, 6.07) is 13.0. The Morgan fingerprint density at radius 2 is 1.77 bits per heavy atom. The maximum absolute atomic E-state index is 12.5. The molecule has 0 spiro atoms. The second kappa shape index (κ2) is 8.89. The van der Waals surface area contributed by atoms with Crippen LogP contribution >= 0.6 is 11.6 Å². The number of ether oxygens (including phenoxy) is 2. The fourth-order valence-electron chi connectivity index (χ4n) is 3.68. The van der Waals surface area contributed by atoms with Gasteiger partial charge in [-0.25, -0.2) is 4.79 Å². The zero-order chi connectivity index (χ0) is 22.0. The van der Waals surface area contributed by atoms with Gasteiger partial charge in [0.15, 0.2) is 6.61 Å². The number of amides is 1. The molecule has 0 atom stereocenters. The summed E-state index contributed by atoms with van der Waals surface area (Å²) in [5, 5.41) is 1.31. The van der Waals surface area contributed by atoms with Gasteiger partial charge in [-0.3, -0.25) is 4.79 Å². The minimum Gasteiger partial charge on any atom is -0.497 e. The molecule has 2 heterocycles. The Morgan fingerprint density at radius 1 is 1.06 bits per heavy atom. The fourth-order valence-corrected chi connectivity index (χ4v) is 3.85. The molecule has 1 aromatic heterocycles. The SMILES string of the molecule is COc1ccc(N2CCN(C(=O)COC(=O)c3oc4ccc(Cl)cc4c3C)CC2)cc1. The largest absolute Gasteiger partial charge is 0.497 e. The molecule has 1 aliphatic heterocycles. The molecule has 1 saturated heterocycles. The number of benzene rings is 2. The van der Waals surface area contributed by atoms with Gasteiger partial charge in [-0.05, 0) is 49.4 Å². The minimum absolute atomic E-state index is 0.0920. The summed E-state index contributed by atoms with van der Waals surface area (Å²) in [4.78, 5) is 28.9. The number of nitrogens with zero attached hydrogens (tertiary/aromatic N) is 2. The minimum atomic E-state index is -0.657. The normalized spacial score (nSPS) is 14.0. The lowest BCUT2D eigenvalue weighted by atomic mass is 10.1. The number of aryl methyl sites for hydroxylation is 1. The van der Waals surface area contributed by atoms with E-state index >= 15 is 0 Å².